The van der Waals surface area contributed by atoms with E-state index in [1.807, 2.05) is 0 Å². The van der Waals surface area contributed by atoms with Gasteiger partial charge in [-0.15, -0.1) is 0 Å². The first kappa shape index (κ1) is 27.9. The summed E-state index contributed by atoms with van der Waals surface area (Å²) in [5.41, 5.74) is 0. The van der Waals surface area contributed by atoms with Crippen molar-refractivity contribution in [3.8, 4) is 0 Å². The highest BCUT2D eigenvalue weighted by Gasteiger charge is 2.53. The van der Waals surface area contributed by atoms with E-state index in [9.17, 15) is 56.2 Å². The van der Waals surface area contributed by atoms with Gasteiger partial charge in [0.05, 0.1) is 19.8 Å². The van der Waals surface area contributed by atoms with Crippen LogP contribution in [-0.2, 0) is 23.7 Å². The van der Waals surface area contributed by atoms with E-state index in [-0.39, 0.29) is 0 Å². The molecule has 3 aliphatic rings. The second-order valence-electron chi connectivity index (χ2n) is 8.33. The van der Waals surface area contributed by atoms with Gasteiger partial charge in [0, 0.05) is 0 Å². The van der Waals surface area contributed by atoms with Gasteiger partial charge in [0.15, 0.2) is 18.9 Å². The average molecular weight is 504 g/mol. The highest BCUT2D eigenvalue weighted by Crippen LogP contribution is 2.32. The Kier molecular flexibility index (Phi) is 9.54. The second kappa shape index (κ2) is 11.6. The van der Waals surface area contributed by atoms with Crippen LogP contribution in [0.3, 0.4) is 0 Å². The van der Waals surface area contributed by atoms with Gasteiger partial charge in [-0.3, -0.25) is 0 Å². The van der Waals surface area contributed by atoms with E-state index in [0.29, 0.717) is 0 Å². The van der Waals surface area contributed by atoms with Crippen molar-refractivity contribution >= 4 is 0 Å². The summed E-state index contributed by atoms with van der Waals surface area (Å²) in [4.78, 5) is 0. The molecule has 0 bridgehead atoms. The van der Waals surface area contributed by atoms with E-state index in [4.69, 9.17) is 23.7 Å². The van der Waals surface area contributed by atoms with Gasteiger partial charge in [0.1, 0.15) is 73.2 Å². The van der Waals surface area contributed by atoms with Crippen molar-refractivity contribution in [3.05, 3.63) is 0 Å². The summed E-state index contributed by atoms with van der Waals surface area (Å²) in [6, 6.07) is 0. The first-order chi connectivity index (χ1) is 16.0. The number of aliphatic hydroxyl groups excluding tert-OH is 11. The van der Waals surface area contributed by atoms with Gasteiger partial charge in [-0.05, 0) is 0 Å². The van der Waals surface area contributed by atoms with E-state index >= 15 is 0 Å². The van der Waals surface area contributed by atoms with Crippen LogP contribution < -0.4 is 0 Å². The van der Waals surface area contributed by atoms with Crippen molar-refractivity contribution < 1.29 is 79.9 Å². The molecule has 0 spiro atoms. The van der Waals surface area contributed by atoms with Crippen molar-refractivity contribution in [2.75, 3.05) is 19.8 Å². The van der Waals surface area contributed by atoms with Crippen molar-refractivity contribution in [2.24, 2.45) is 0 Å². The third-order valence-electron chi connectivity index (χ3n) is 6.09. The second-order valence-corrected chi connectivity index (χ2v) is 8.33. The van der Waals surface area contributed by atoms with E-state index in [1.54, 1.807) is 0 Å². The number of ether oxygens (including phenoxy) is 5. The van der Waals surface area contributed by atoms with Crippen LogP contribution in [-0.4, -0.2) is 168 Å². The molecule has 0 aromatic rings. The fourth-order valence-electron chi connectivity index (χ4n) is 4.04. The Labute approximate surface area is 192 Å². The molecule has 16 nitrogen and oxygen atoms in total. The molecule has 0 aromatic carbocycles. The third-order valence-corrected chi connectivity index (χ3v) is 6.09. The van der Waals surface area contributed by atoms with Crippen molar-refractivity contribution in [1.82, 2.24) is 0 Å². The highest BCUT2D eigenvalue weighted by molar-refractivity contribution is 4.96. The lowest BCUT2D eigenvalue weighted by Gasteiger charge is -2.47. The van der Waals surface area contributed by atoms with Crippen LogP contribution in [0.1, 0.15) is 0 Å². The lowest BCUT2D eigenvalue weighted by molar-refractivity contribution is -0.379. The molecule has 3 fully saturated rings. The molecule has 3 heterocycles. The van der Waals surface area contributed by atoms with Gasteiger partial charge in [-0.25, -0.2) is 0 Å². The molecule has 11 N–H and O–H groups in total. The average Bonchev–Trinajstić information content (AvgIpc) is 2.82. The monoisotopic (exact) mass is 504 g/mol. The summed E-state index contributed by atoms with van der Waals surface area (Å²) < 4.78 is 26.2. The van der Waals surface area contributed by atoms with Gasteiger partial charge in [-0.2, -0.15) is 0 Å². The Balaban J connectivity index is 1.78. The zero-order valence-electron chi connectivity index (χ0n) is 17.7. The van der Waals surface area contributed by atoms with Gasteiger partial charge < -0.3 is 79.9 Å². The Hall–Kier alpha value is -0.640. The molecule has 16 heteroatoms. The zero-order valence-corrected chi connectivity index (χ0v) is 17.7. The Bertz CT molecular complexity index is 639. The normalized spacial score (nSPS) is 52.5. The number of hydrogen-bond donors (Lipinski definition) is 11. The van der Waals surface area contributed by atoms with Gasteiger partial charge >= 0.3 is 0 Å². The van der Waals surface area contributed by atoms with Crippen molar-refractivity contribution in [3.63, 3.8) is 0 Å². The molecule has 0 radical (unpaired) electrons. The molecule has 15 atom stereocenters. The summed E-state index contributed by atoms with van der Waals surface area (Å²) in [6.07, 6.45) is -25.5. The Morgan fingerprint density at radius 2 is 0.853 bits per heavy atom. The van der Waals surface area contributed by atoms with Gasteiger partial charge in [0.25, 0.3) is 0 Å². The molecule has 0 saturated carbocycles. The van der Waals surface area contributed by atoms with Crippen LogP contribution in [0, 0.1) is 0 Å². The summed E-state index contributed by atoms with van der Waals surface area (Å²) in [5, 5.41) is 110. The molecule has 0 aliphatic carbocycles. The predicted molar refractivity (Wildman–Crippen MR) is 101 cm³/mol. The SMILES string of the molecule is OC[C@H]1O[C@@H](O[C@H]2[C@@H](O)[C@@H](CO)O[C@@H](O[C@@H]3[C@@H](O)[C@H](O)O[C@H](CO)[C@H]3O)[C@@H]2O)[C@H](O)[C@@H](O)[C@H]1O. The largest absolute Gasteiger partial charge is 0.394 e. The zero-order chi connectivity index (χ0) is 25.3. The molecule has 0 amide bonds. The highest BCUT2D eigenvalue weighted by atomic mass is 16.7. The van der Waals surface area contributed by atoms with Crippen LogP contribution >= 0.6 is 0 Å². The van der Waals surface area contributed by atoms with Gasteiger partial charge in [0.2, 0.25) is 0 Å². The number of aliphatic hydroxyl groups is 11. The maximum Gasteiger partial charge on any atom is 0.187 e. The van der Waals surface area contributed by atoms with Crippen LogP contribution in [0.5, 0.6) is 0 Å². The lowest BCUT2D eigenvalue weighted by Crippen LogP contribution is -2.66. The molecular weight excluding hydrogens is 472 g/mol. The van der Waals surface area contributed by atoms with E-state index in [0.717, 1.165) is 0 Å². The van der Waals surface area contributed by atoms with Crippen molar-refractivity contribution in [2.45, 2.75) is 92.1 Å². The number of rotatable bonds is 7. The standard InChI is InChI=1S/C18H32O16/c19-1-4-7(22)10(25)11(26)17(31-4)34-15-9(24)6(3-21)32-18(13(15)28)33-14-8(23)5(2-20)30-16(29)12(14)27/h4-29H,1-3H2/t4-,5-,6-,7+,8-,9+,10+,11-,12-,13-,14+,15+,16-,17+,18+/m1/s1. The molecule has 200 valence electrons. The van der Waals surface area contributed by atoms with Crippen LogP contribution in [0.25, 0.3) is 0 Å². The number of hydrogen-bond acceptors (Lipinski definition) is 16. The summed E-state index contributed by atoms with van der Waals surface area (Å²) in [7, 11) is 0. The molecule has 0 aromatic heterocycles. The summed E-state index contributed by atoms with van der Waals surface area (Å²) in [6.45, 7) is -2.33. The molecular formula is C18H32O16. The van der Waals surface area contributed by atoms with E-state index < -0.39 is 112 Å². The first-order valence-corrected chi connectivity index (χ1v) is 10.6. The van der Waals surface area contributed by atoms with Crippen LogP contribution in [0.15, 0.2) is 0 Å². The predicted octanol–water partition coefficient (Wildman–Crippen LogP) is -7.57. The maximum absolute atomic E-state index is 10.7. The first-order valence-electron chi connectivity index (χ1n) is 10.6. The van der Waals surface area contributed by atoms with E-state index in [2.05, 4.69) is 0 Å². The molecule has 3 rings (SSSR count). The smallest absolute Gasteiger partial charge is 0.187 e. The quantitative estimate of drug-likeness (QED) is 0.154. The molecule has 3 aliphatic heterocycles. The summed E-state index contributed by atoms with van der Waals surface area (Å²) >= 11 is 0. The molecule has 3 saturated heterocycles. The Morgan fingerprint density at radius 3 is 1.35 bits per heavy atom. The minimum atomic E-state index is -1.92. The minimum absolute atomic E-state index is 0.750. The van der Waals surface area contributed by atoms with E-state index in [1.165, 1.54) is 0 Å². The topological polar surface area (TPSA) is 269 Å². The summed E-state index contributed by atoms with van der Waals surface area (Å²) in [5.74, 6) is 0. The van der Waals surface area contributed by atoms with Crippen molar-refractivity contribution in [1.29, 1.82) is 0 Å². The minimum Gasteiger partial charge on any atom is -0.394 e. The van der Waals surface area contributed by atoms with Gasteiger partial charge in [-0.1, -0.05) is 0 Å². The van der Waals surface area contributed by atoms with Crippen LogP contribution in [0.4, 0.5) is 0 Å². The Morgan fingerprint density at radius 1 is 0.441 bits per heavy atom. The fourth-order valence-corrected chi connectivity index (χ4v) is 4.04. The molecule has 34 heavy (non-hydrogen) atoms. The third kappa shape index (κ3) is 5.37. The fraction of sp³-hybridized carbons (Fsp3) is 1.00. The van der Waals surface area contributed by atoms with Crippen LogP contribution in [0.2, 0.25) is 0 Å². The molecule has 0 unspecified atom stereocenters. The maximum atomic E-state index is 10.7. The lowest BCUT2D eigenvalue weighted by atomic mass is 9.96.